The van der Waals surface area contributed by atoms with Gasteiger partial charge in [0, 0.05) is 19.2 Å². The predicted molar refractivity (Wildman–Crippen MR) is 122 cm³/mol. The van der Waals surface area contributed by atoms with Gasteiger partial charge in [-0.05, 0) is 48.2 Å². The van der Waals surface area contributed by atoms with E-state index in [0.29, 0.717) is 22.3 Å². The first kappa shape index (κ1) is 23.5. The van der Waals surface area contributed by atoms with E-state index >= 15 is 0 Å². The molecule has 35 heavy (non-hydrogen) atoms. The van der Waals surface area contributed by atoms with Crippen LogP contribution in [0.4, 0.5) is 4.39 Å². The molecule has 0 spiro atoms. The molecule has 4 aromatic rings. The van der Waals surface area contributed by atoms with Gasteiger partial charge >= 0.3 is 5.97 Å². The lowest BCUT2D eigenvalue weighted by molar-refractivity contribution is 0.0695. The molecule has 0 radical (unpaired) electrons. The monoisotopic (exact) mass is 476 g/mol. The zero-order chi connectivity index (χ0) is 25.1. The fourth-order valence-electron chi connectivity index (χ4n) is 3.53. The van der Waals surface area contributed by atoms with Crippen LogP contribution < -0.4 is 10.6 Å². The summed E-state index contributed by atoms with van der Waals surface area (Å²) in [6.07, 6.45) is 1.22. The maximum atomic E-state index is 13.5. The number of halogens is 1. The third-order valence-corrected chi connectivity index (χ3v) is 5.37. The topological polar surface area (TPSA) is 139 Å². The highest BCUT2D eigenvalue weighted by molar-refractivity contribution is 5.98. The van der Waals surface area contributed by atoms with Gasteiger partial charge in [-0.3, -0.25) is 9.59 Å². The number of carboxylic acid groups (broad SMARTS) is 1. The SMILES string of the molecule is Cc1cc(CNC(=O)c2cc(C(=O)NCc3ccc(C(=O)O)c(C)c3)n3ncnc3n2)ccc1F. The van der Waals surface area contributed by atoms with Gasteiger partial charge in [-0.25, -0.2) is 14.2 Å². The van der Waals surface area contributed by atoms with E-state index in [1.165, 1.54) is 29.0 Å². The minimum atomic E-state index is -1.02. The lowest BCUT2D eigenvalue weighted by Crippen LogP contribution is -2.28. The van der Waals surface area contributed by atoms with Crippen molar-refractivity contribution in [1.29, 1.82) is 0 Å². The molecule has 11 heteroatoms. The van der Waals surface area contributed by atoms with Crippen molar-refractivity contribution in [3.63, 3.8) is 0 Å². The van der Waals surface area contributed by atoms with Crippen LogP contribution in [0, 0.1) is 19.7 Å². The second-order valence-electron chi connectivity index (χ2n) is 7.90. The van der Waals surface area contributed by atoms with Gasteiger partial charge < -0.3 is 15.7 Å². The average Bonchev–Trinajstić information content (AvgIpc) is 3.31. The number of nitrogens with one attached hydrogen (secondary N) is 2. The molecule has 0 atom stereocenters. The van der Waals surface area contributed by atoms with Crippen LogP contribution >= 0.6 is 0 Å². The van der Waals surface area contributed by atoms with E-state index in [2.05, 4.69) is 25.7 Å². The van der Waals surface area contributed by atoms with E-state index in [1.807, 2.05) is 0 Å². The summed E-state index contributed by atoms with van der Waals surface area (Å²) in [6, 6.07) is 10.6. The van der Waals surface area contributed by atoms with E-state index in [-0.39, 0.29) is 41.6 Å². The van der Waals surface area contributed by atoms with Crippen molar-refractivity contribution in [3.05, 3.63) is 93.8 Å². The van der Waals surface area contributed by atoms with Crippen molar-refractivity contribution in [3.8, 4) is 0 Å². The Balaban J connectivity index is 1.50. The Morgan fingerprint density at radius 2 is 1.60 bits per heavy atom. The summed E-state index contributed by atoms with van der Waals surface area (Å²) in [5.41, 5.74) is 2.66. The Hall–Kier alpha value is -4.67. The molecule has 0 saturated heterocycles. The van der Waals surface area contributed by atoms with E-state index in [0.717, 1.165) is 0 Å². The van der Waals surface area contributed by atoms with Crippen LogP contribution in [0.5, 0.6) is 0 Å². The summed E-state index contributed by atoms with van der Waals surface area (Å²) in [5, 5.41) is 18.6. The van der Waals surface area contributed by atoms with Gasteiger partial charge in [0.1, 0.15) is 23.5 Å². The van der Waals surface area contributed by atoms with Crippen LogP contribution in [0.15, 0.2) is 48.8 Å². The third-order valence-electron chi connectivity index (χ3n) is 5.37. The van der Waals surface area contributed by atoms with E-state index < -0.39 is 17.8 Å². The normalized spacial score (nSPS) is 10.8. The largest absolute Gasteiger partial charge is 0.478 e. The molecule has 0 aliphatic carbocycles. The number of aromatic nitrogens is 4. The predicted octanol–water partition coefficient (Wildman–Crippen LogP) is 2.44. The van der Waals surface area contributed by atoms with Crippen LogP contribution in [-0.4, -0.2) is 42.5 Å². The first-order valence-electron chi connectivity index (χ1n) is 10.6. The maximum Gasteiger partial charge on any atom is 0.335 e. The average molecular weight is 476 g/mol. The Morgan fingerprint density at radius 1 is 0.943 bits per heavy atom. The highest BCUT2D eigenvalue weighted by Crippen LogP contribution is 2.13. The Morgan fingerprint density at radius 3 is 2.26 bits per heavy atom. The molecule has 0 aliphatic rings. The quantitative estimate of drug-likeness (QED) is 0.372. The Labute approximate surface area is 198 Å². The van der Waals surface area contributed by atoms with Crippen molar-refractivity contribution < 1.29 is 23.9 Å². The van der Waals surface area contributed by atoms with Gasteiger partial charge in [0.25, 0.3) is 17.6 Å². The number of amides is 2. The third kappa shape index (κ3) is 5.13. The molecule has 2 amide bonds. The van der Waals surface area contributed by atoms with Gasteiger partial charge in [0.2, 0.25) is 0 Å². The first-order valence-corrected chi connectivity index (χ1v) is 10.6. The van der Waals surface area contributed by atoms with Gasteiger partial charge in [0.05, 0.1) is 5.56 Å². The highest BCUT2D eigenvalue weighted by atomic mass is 19.1. The van der Waals surface area contributed by atoms with E-state index in [4.69, 9.17) is 5.11 Å². The molecule has 2 aromatic heterocycles. The number of hydrogen-bond acceptors (Lipinski definition) is 6. The molecule has 10 nitrogen and oxygen atoms in total. The number of hydrogen-bond donors (Lipinski definition) is 3. The van der Waals surface area contributed by atoms with Crippen LogP contribution in [0.3, 0.4) is 0 Å². The van der Waals surface area contributed by atoms with Crippen LogP contribution in [0.1, 0.15) is 53.6 Å². The maximum absolute atomic E-state index is 13.5. The van der Waals surface area contributed by atoms with Crippen molar-refractivity contribution in [2.75, 3.05) is 0 Å². The number of nitrogens with zero attached hydrogens (tertiary/aromatic N) is 4. The van der Waals surface area contributed by atoms with Crippen LogP contribution in [0.2, 0.25) is 0 Å². The summed E-state index contributed by atoms with van der Waals surface area (Å²) in [6.45, 7) is 3.58. The Bertz CT molecular complexity index is 1470. The molecular formula is C24H21FN6O4. The molecule has 3 N–H and O–H groups in total. The van der Waals surface area contributed by atoms with E-state index in [1.54, 1.807) is 38.1 Å². The molecule has 0 saturated carbocycles. The van der Waals surface area contributed by atoms with Gasteiger partial charge in [-0.2, -0.15) is 14.6 Å². The molecular weight excluding hydrogens is 455 g/mol. The lowest BCUT2D eigenvalue weighted by atomic mass is 10.1. The summed E-state index contributed by atoms with van der Waals surface area (Å²) in [7, 11) is 0. The standard InChI is InChI=1S/C24H21FN6O4/c1-13-7-15(3-5-17(13)23(34)35)11-27-22(33)20-9-19(30-24-28-12-29-31(20)24)21(32)26-10-16-4-6-18(25)14(2)8-16/h3-9,12H,10-11H2,1-2H3,(H,26,32)(H,27,33)(H,34,35). The van der Waals surface area contributed by atoms with Crippen molar-refractivity contribution in [2.45, 2.75) is 26.9 Å². The molecule has 0 unspecified atom stereocenters. The fraction of sp³-hybridized carbons (Fsp3) is 0.167. The van der Waals surface area contributed by atoms with Crippen LogP contribution in [0.25, 0.3) is 5.78 Å². The molecule has 2 heterocycles. The van der Waals surface area contributed by atoms with Gasteiger partial charge in [-0.1, -0.05) is 24.3 Å². The van der Waals surface area contributed by atoms with Crippen molar-refractivity contribution in [1.82, 2.24) is 30.2 Å². The zero-order valence-corrected chi connectivity index (χ0v) is 18.9. The minimum Gasteiger partial charge on any atom is -0.478 e. The number of carbonyl (C=O) groups is 3. The highest BCUT2D eigenvalue weighted by Gasteiger charge is 2.18. The number of fused-ring (bicyclic) bond motifs is 1. The molecule has 178 valence electrons. The second kappa shape index (κ2) is 9.67. The lowest BCUT2D eigenvalue weighted by Gasteiger charge is -2.10. The van der Waals surface area contributed by atoms with Gasteiger partial charge in [0.15, 0.2) is 0 Å². The Kier molecular flexibility index (Phi) is 6.49. The summed E-state index contributed by atoms with van der Waals surface area (Å²) >= 11 is 0. The molecule has 2 aromatic carbocycles. The number of carboxylic acids is 1. The fourth-order valence-corrected chi connectivity index (χ4v) is 3.53. The summed E-state index contributed by atoms with van der Waals surface area (Å²) < 4.78 is 14.7. The number of carbonyl (C=O) groups excluding carboxylic acids is 2. The number of aromatic carboxylic acids is 1. The van der Waals surface area contributed by atoms with E-state index in [9.17, 15) is 18.8 Å². The van der Waals surface area contributed by atoms with Crippen molar-refractivity contribution >= 4 is 23.6 Å². The number of aryl methyl sites for hydroxylation is 2. The number of rotatable bonds is 7. The van der Waals surface area contributed by atoms with Gasteiger partial charge in [-0.15, -0.1) is 0 Å². The molecule has 0 fully saturated rings. The van der Waals surface area contributed by atoms with Crippen molar-refractivity contribution in [2.24, 2.45) is 0 Å². The zero-order valence-electron chi connectivity index (χ0n) is 18.9. The first-order chi connectivity index (χ1) is 16.7. The second-order valence-corrected chi connectivity index (χ2v) is 7.90. The summed E-state index contributed by atoms with van der Waals surface area (Å²) in [5.74, 6) is -2.34. The molecule has 4 rings (SSSR count). The molecule has 0 aliphatic heterocycles. The molecule has 0 bridgehead atoms. The minimum absolute atomic E-state index is 0.0314. The summed E-state index contributed by atoms with van der Waals surface area (Å²) in [4.78, 5) is 45.0. The number of benzene rings is 2. The van der Waals surface area contributed by atoms with Crippen LogP contribution in [-0.2, 0) is 13.1 Å². The smallest absolute Gasteiger partial charge is 0.335 e.